The highest BCUT2D eigenvalue weighted by Gasteiger charge is 2.45. The second-order valence-corrected chi connectivity index (χ2v) is 22.4. The molecule has 2 fully saturated rings. The van der Waals surface area contributed by atoms with E-state index >= 15 is 0 Å². The Bertz CT molecular complexity index is 2330. The summed E-state index contributed by atoms with van der Waals surface area (Å²) in [5, 5.41) is 8.26. The topological polar surface area (TPSA) is 262 Å². The molecule has 2 aliphatic heterocycles. The number of likely N-dealkylation sites (N-methyl/N-ethyl adjacent to an activating group) is 5. The zero-order valence-corrected chi connectivity index (χ0v) is 49.8. The van der Waals surface area contributed by atoms with Crippen LogP contribution in [0.1, 0.15) is 120 Å². The Morgan fingerprint density at radius 2 is 1.15 bits per heavy atom. The van der Waals surface area contributed by atoms with Gasteiger partial charge in [-0.2, -0.15) is 0 Å². The Labute approximate surface area is 467 Å². The molecule has 0 radical (unpaired) electrons. The quantitative estimate of drug-likeness (QED) is 0.201. The molecule has 3 rings (SSSR count). The Hall–Kier alpha value is -6.61. The Morgan fingerprint density at radius 1 is 0.620 bits per heavy atom. The van der Waals surface area contributed by atoms with Crippen molar-refractivity contribution < 1.29 is 62.2 Å². The monoisotopic (exact) mass is 1110 g/mol. The van der Waals surface area contributed by atoms with Gasteiger partial charge in [0.1, 0.15) is 60.4 Å². The highest BCUT2D eigenvalue weighted by atomic mass is 16.5. The van der Waals surface area contributed by atoms with Crippen molar-refractivity contribution in [3.63, 3.8) is 0 Å². The summed E-state index contributed by atoms with van der Waals surface area (Å²) in [4.78, 5) is 165. The molecule has 2 heterocycles. The van der Waals surface area contributed by atoms with E-state index in [4.69, 9.17) is 9.47 Å². The van der Waals surface area contributed by atoms with Crippen LogP contribution in [0.5, 0.6) is 5.75 Å². The van der Waals surface area contributed by atoms with Crippen molar-refractivity contribution >= 4 is 65.4 Å². The fourth-order valence-electron chi connectivity index (χ4n) is 10.6. The molecule has 0 spiro atoms. The number of methoxy groups -OCH3 is 1. The van der Waals surface area contributed by atoms with Crippen LogP contribution in [0.3, 0.4) is 0 Å². The van der Waals surface area contributed by atoms with Gasteiger partial charge in [-0.1, -0.05) is 94.2 Å². The highest BCUT2D eigenvalue weighted by Crippen LogP contribution is 2.26. The van der Waals surface area contributed by atoms with Gasteiger partial charge < -0.3 is 59.6 Å². The number of fused-ring (bicyclic) bond motifs is 1. The minimum absolute atomic E-state index is 0.105. The van der Waals surface area contributed by atoms with Crippen molar-refractivity contribution in [2.75, 3.05) is 55.4 Å². The van der Waals surface area contributed by atoms with E-state index in [9.17, 15) is 52.7 Å². The van der Waals surface area contributed by atoms with Gasteiger partial charge in [-0.15, -0.1) is 0 Å². The van der Waals surface area contributed by atoms with Crippen molar-refractivity contribution in [2.45, 2.75) is 176 Å². The molecule has 0 saturated carbocycles. The van der Waals surface area contributed by atoms with Crippen LogP contribution in [0.4, 0.5) is 0 Å². The van der Waals surface area contributed by atoms with Crippen LogP contribution in [0, 0.1) is 29.6 Å². The van der Waals surface area contributed by atoms with Gasteiger partial charge in [0.15, 0.2) is 6.10 Å². The number of piperidine rings is 1. The lowest BCUT2D eigenvalue weighted by Crippen LogP contribution is -2.63. The summed E-state index contributed by atoms with van der Waals surface area (Å²) >= 11 is 0. The van der Waals surface area contributed by atoms with Crippen LogP contribution in [-0.4, -0.2) is 205 Å². The first-order chi connectivity index (χ1) is 37.0. The first-order valence-electron chi connectivity index (χ1n) is 27.8. The maximum absolute atomic E-state index is 14.9. The standard InChI is InChI=1S/C57H91N9O13/c1-18-35(9)47-49(69)58-31-43(68)62(13)45(33(5)6)50(70)59-40(30-38-23-25-39(78-17)26-24-38)57(77)79-37(11)52(72)66-28-21-20-22-42(66)54(74)63(14)46(34(7)8)51(71)60-44(32(3)4)55(75)61(12)41(27-29-67)53(73)65(16)48(36(10)19-2)56(76)64(47)15/h23-26,29,32-37,40-42,44-48H,18-22,27-28,30-31H2,1-17H3,(H,58,69)(H,59,70)(H,60,71)/t35-,36+,37-,40+,41-,42+,44+,45+,46+,47+,48+/m1/s1. The first kappa shape index (κ1) is 66.7. The summed E-state index contributed by atoms with van der Waals surface area (Å²) in [6, 6.07) is -3.18. The SMILES string of the molecule is CC[C@@H](C)[C@H]1C(=O)NCC(=O)N(C)[C@@H](C(C)C)C(=O)N[C@@H](Cc2ccc(OC)cc2)C(=O)O[C@H](C)C(=O)N2CCCC[C@H]2C(=O)N(C)[C@@H](C(C)C)C(=O)N[C@@H](C(C)C)C(=O)N(C)[C@H](CC=O)C(=O)N(C)[C@@H]([C@@H](C)CC)C(=O)N1C. The second-order valence-electron chi connectivity index (χ2n) is 22.4. The molecule has 1 aromatic rings. The van der Waals surface area contributed by atoms with Crippen LogP contribution < -0.4 is 20.7 Å². The molecule has 1 aromatic carbocycles. The van der Waals surface area contributed by atoms with Crippen molar-refractivity contribution in [2.24, 2.45) is 29.6 Å². The molecule has 22 heteroatoms. The fraction of sp³-hybridized carbons (Fsp3) is 0.702. The minimum atomic E-state index is -1.46. The zero-order valence-electron chi connectivity index (χ0n) is 49.8. The smallest absolute Gasteiger partial charge is 0.329 e. The molecular weight excluding hydrogens is 1020 g/mol. The molecule has 79 heavy (non-hydrogen) atoms. The lowest BCUT2D eigenvalue weighted by Gasteiger charge is -2.41. The number of carbonyl (C=O) groups excluding carboxylic acids is 11. The number of benzene rings is 1. The van der Waals surface area contributed by atoms with E-state index in [0.29, 0.717) is 43.3 Å². The van der Waals surface area contributed by atoms with E-state index in [1.54, 1.807) is 79.7 Å². The maximum Gasteiger partial charge on any atom is 0.329 e. The Kier molecular flexibility index (Phi) is 25.4. The van der Waals surface area contributed by atoms with Crippen LogP contribution in [0.15, 0.2) is 24.3 Å². The number of nitrogens with zero attached hydrogens (tertiary/aromatic N) is 6. The molecule has 0 aliphatic carbocycles. The maximum atomic E-state index is 14.9. The van der Waals surface area contributed by atoms with Gasteiger partial charge >= 0.3 is 5.97 Å². The summed E-state index contributed by atoms with van der Waals surface area (Å²) in [6.07, 6.45) is 0.575. The van der Waals surface area contributed by atoms with Gasteiger partial charge in [0.2, 0.25) is 47.3 Å². The highest BCUT2D eigenvalue weighted by molar-refractivity contribution is 5.99. The lowest BCUT2D eigenvalue weighted by atomic mass is 9.92. The largest absolute Gasteiger partial charge is 0.497 e. The normalized spacial score (nSPS) is 26.9. The molecular formula is C57H91N9O13. The van der Waals surface area contributed by atoms with E-state index < -0.39 is 156 Å². The molecule has 0 bridgehead atoms. The van der Waals surface area contributed by atoms with E-state index in [2.05, 4.69) is 16.0 Å². The molecule has 3 N–H and O–H groups in total. The summed E-state index contributed by atoms with van der Waals surface area (Å²) in [6.45, 7) is 18.3. The molecule has 0 aromatic heterocycles. The van der Waals surface area contributed by atoms with Gasteiger partial charge in [-0.3, -0.25) is 43.2 Å². The third-order valence-electron chi connectivity index (χ3n) is 15.8. The number of amides is 9. The average Bonchev–Trinajstić information content (AvgIpc) is 3.41. The summed E-state index contributed by atoms with van der Waals surface area (Å²) in [7, 11) is 8.49. The van der Waals surface area contributed by atoms with Crippen LogP contribution >= 0.6 is 0 Å². The van der Waals surface area contributed by atoms with Gasteiger partial charge in [0.05, 0.1) is 13.7 Å². The zero-order chi connectivity index (χ0) is 59.9. The number of carbonyl (C=O) groups is 11. The van der Waals surface area contributed by atoms with E-state index in [1.165, 1.54) is 68.9 Å². The van der Waals surface area contributed by atoms with Crippen molar-refractivity contribution in [3.05, 3.63) is 29.8 Å². The number of ether oxygens (including phenoxy) is 2. The molecule has 9 amide bonds. The van der Waals surface area contributed by atoms with Gasteiger partial charge in [0, 0.05) is 54.6 Å². The Morgan fingerprint density at radius 3 is 1.68 bits per heavy atom. The number of cyclic esters (lactones) is 1. The third kappa shape index (κ3) is 16.5. The molecule has 0 unspecified atom stereocenters. The van der Waals surface area contributed by atoms with Gasteiger partial charge in [-0.25, -0.2) is 4.79 Å². The number of hydrogen-bond donors (Lipinski definition) is 3. The van der Waals surface area contributed by atoms with Gasteiger partial charge in [-0.05, 0) is 73.5 Å². The first-order valence-corrected chi connectivity index (χ1v) is 27.8. The van der Waals surface area contributed by atoms with Crippen LogP contribution in [0.2, 0.25) is 0 Å². The van der Waals surface area contributed by atoms with Crippen molar-refractivity contribution in [1.29, 1.82) is 0 Å². The van der Waals surface area contributed by atoms with Crippen molar-refractivity contribution in [3.8, 4) is 5.75 Å². The number of aldehydes is 1. The van der Waals surface area contributed by atoms with Gasteiger partial charge in [0.25, 0.3) is 5.91 Å². The van der Waals surface area contributed by atoms with Crippen molar-refractivity contribution in [1.82, 2.24) is 45.3 Å². The number of nitrogens with one attached hydrogen (secondary N) is 3. The number of rotatable bonds is 12. The van der Waals surface area contributed by atoms with Crippen LogP contribution in [-0.2, 0) is 63.9 Å². The number of hydrogen-bond acceptors (Lipinski definition) is 13. The van der Waals surface area contributed by atoms with E-state index in [0.717, 1.165) is 9.80 Å². The third-order valence-corrected chi connectivity index (χ3v) is 15.8. The number of esters is 1. The second kappa shape index (κ2) is 30.1. The Balaban J connectivity index is 2.26. The fourth-order valence-corrected chi connectivity index (χ4v) is 10.6. The molecule has 22 nitrogen and oxygen atoms in total. The summed E-state index contributed by atoms with van der Waals surface area (Å²) in [5.41, 5.74) is 0.590. The molecule has 11 atom stereocenters. The van der Waals surface area contributed by atoms with Crippen LogP contribution in [0.25, 0.3) is 0 Å². The van der Waals surface area contributed by atoms with E-state index in [-0.39, 0.29) is 19.4 Å². The molecule has 2 aliphatic rings. The summed E-state index contributed by atoms with van der Waals surface area (Å²) < 4.78 is 11.2. The average molecular weight is 1110 g/mol. The lowest BCUT2D eigenvalue weighted by molar-refractivity contribution is -0.165. The molecule has 442 valence electrons. The predicted octanol–water partition coefficient (Wildman–Crippen LogP) is 2.43. The predicted molar refractivity (Wildman–Crippen MR) is 295 cm³/mol. The minimum Gasteiger partial charge on any atom is -0.497 e. The summed E-state index contributed by atoms with van der Waals surface area (Å²) in [5.74, 6) is -9.21. The van der Waals surface area contributed by atoms with E-state index in [1.807, 2.05) is 13.8 Å². The molecule has 2 saturated heterocycles.